The standard InChI is InChI=1S/C15H11BrClFO2/c16-12-6-9(18)2-3-10(12)15-7-13(19)11-5-8(17)1-4-14(11)20-15/h1-6,13,15,19H,7H2/t13-,15?/m0/s1. The molecule has 0 aromatic heterocycles. The minimum absolute atomic E-state index is 0.316. The van der Waals surface area contributed by atoms with E-state index in [9.17, 15) is 9.50 Å². The summed E-state index contributed by atoms with van der Waals surface area (Å²) in [4.78, 5) is 0. The molecule has 2 atom stereocenters. The van der Waals surface area contributed by atoms with Gasteiger partial charge in [0.15, 0.2) is 0 Å². The first kappa shape index (κ1) is 13.9. The average molecular weight is 358 g/mol. The third-order valence-electron chi connectivity index (χ3n) is 3.35. The summed E-state index contributed by atoms with van der Waals surface area (Å²) in [5, 5.41) is 10.8. The third-order valence-corrected chi connectivity index (χ3v) is 4.27. The van der Waals surface area contributed by atoms with Gasteiger partial charge in [-0.15, -0.1) is 0 Å². The van der Waals surface area contributed by atoms with E-state index in [1.165, 1.54) is 12.1 Å². The van der Waals surface area contributed by atoms with E-state index in [0.717, 1.165) is 5.56 Å². The molecule has 3 rings (SSSR count). The Morgan fingerprint density at radius 3 is 2.75 bits per heavy atom. The fourth-order valence-corrected chi connectivity index (χ4v) is 3.16. The summed E-state index contributed by atoms with van der Waals surface area (Å²) in [6, 6.07) is 9.60. The maximum Gasteiger partial charge on any atom is 0.128 e. The summed E-state index contributed by atoms with van der Waals surface area (Å²) in [5.74, 6) is 0.290. The molecule has 0 saturated carbocycles. The molecule has 5 heteroatoms. The lowest BCUT2D eigenvalue weighted by atomic mass is 9.95. The summed E-state index contributed by atoms with van der Waals surface area (Å²) in [6.07, 6.45) is -0.578. The van der Waals surface area contributed by atoms with E-state index in [-0.39, 0.29) is 11.9 Å². The lowest BCUT2D eigenvalue weighted by Gasteiger charge is -2.30. The number of aliphatic hydroxyl groups excluding tert-OH is 1. The van der Waals surface area contributed by atoms with Crippen molar-refractivity contribution in [2.75, 3.05) is 0 Å². The first-order valence-electron chi connectivity index (χ1n) is 6.13. The van der Waals surface area contributed by atoms with Crippen molar-refractivity contribution in [2.24, 2.45) is 0 Å². The van der Waals surface area contributed by atoms with E-state index < -0.39 is 6.10 Å². The van der Waals surface area contributed by atoms with E-state index in [4.69, 9.17) is 16.3 Å². The van der Waals surface area contributed by atoms with Crippen molar-refractivity contribution in [2.45, 2.75) is 18.6 Å². The van der Waals surface area contributed by atoms with Crippen LogP contribution < -0.4 is 4.74 Å². The summed E-state index contributed by atoms with van der Waals surface area (Å²) in [6.45, 7) is 0. The smallest absolute Gasteiger partial charge is 0.128 e. The number of ether oxygens (including phenoxy) is 1. The van der Waals surface area contributed by atoms with Crippen LogP contribution in [0.25, 0.3) is 0 Å². The molecule has 2 aromatic rings. The number of hydrogen-bond acceptors (Lipinski definition) is 2. The van der Waals surface area contributed by atoms with Crippen LogP contribution in [0.3, 0.4) is 0 Å². The zero-order valence-corrected chi connectivity index (χ0v) is 12.7. The van der Waals surface area contributed by atoms with Crippen LogP contribution in [0.5, 0.6) is 5.75 Å². The quantitative estimate of drug-likeness (QED) is 0.794. The second kappa shape index (κ2) is 5.35. The lowest BCUT2D eigenvalue weighted by Crippen LogP contribution is -2.19. The molecule has 104 valence electrons. The Morgan fingerprint density at radius 1 is 1.20 bits per heavy atom. The molecular weight excluding hydrogens is 347 g/mol. The number of benzene rings is 2. The molecule has 1 heterocycles. The Hall–Kier alpha value is -1.10. The van der Waals surface area contributed by atoms with Crippen LogP contribution in [0.1, 0.15) is 29.8 Å². The number of rotatable bonds is 1. The highest BCUT2D eigenvalue weighted by Gasteiger charge is 2.29. The van der Waals surface area contributed by atoms with Gasteiger partial charge in [-0.05, 0) is 30.3 Å². The Balaban J connectivity index is 1.97. The van der Waals surface area contributed by atoms with Gasteiger partial charge in [0.2, 0.25) is 0 Å². The van der Waals surface area contributed by atoms with Crippen molar-refractivity contribution >= 4 is 27.5 Å². The van der Waals surface area contributed by atoms with E-state index in [2.05, 4.69) is 15.9 Å². The molecule has 1 aliphatic heterocycles. The summed E-state index contributed by atoms with van der Waals surface area (Å²) < 4.78 is 19.7. The van der Waals surface area contributed by atoms with E-state index in [0.29, 0.717) is 27.2 Å². The summed E-state index contributed by atoms with van der Waals surface area (Å²) in [7, 11) is 0. The molecule has 20 heavy (non-hydrogen) atoms. The van der Waals surface area contributed by atoms with Gasteiger partial charge in [0.25, 0.3) is 0 Å². The van der Waals surface area contributed by atoms with E-state index in [1.54, 1.807) is 24.3 Å². The largest absolute Gasteiger partial charge is 0.485 e. The Kier molecular flexibility index (Phi) is 3.71. The molecule has 0 saturated heterocycles. The van der Waals surface area contributed by atoms with Crippen molar-refractivity contribution in [1.29, 1.82) is 0 Å². The van der Waals surface area contributed by atoms with Gasteiger partial charge >= 0.3 is 0 Å². The minimum atomic E-state index is -0.653. The Labute approximate surface area is 129 Å². The van der Waals surface area contributed by atoms with Crippen molar-refractivity contribution in [3.8, 4) is 5.75 Å². The highest BCUT2D eigenvalue weighted by atomic mass is 79.9. The van der Waals surface area contributed by atoms with Gasteiger partial charge < -0.3 is 9.84 Å². The summed E-state index contributed by atoms with van der Waals surface area (Å²) >= 11 is 9.25. The van der Waals surface area contributed by atoms with Crippen LogP contribution in [0.2, 0.25) is 5.02 Å². The van der Waals surface area contributed by atoms with Gasteiger partial charge in [0.05, 0.1) is 6.10 Å². The van der Waals surface area contributed by atoms with Gasteiger partial charge in [-0.25, -0.2) is 4.39 Å². The Bertz CT molecular complexity index is 662. The second-order valence-corrected chi connectivity index (χ2v) is 6.00. The van der Waals surface area contributed by atoms with Gasteiger partial charge in [-0.1, -0.05) is 33.6 Å². The van der Waals surface area contributed by atoms with Crippen molar-refractivity contribution in [1.82, 2.24) is 0 Å². The number of hydrogen-bond donors (Lipinski definition) is 1. The van der Waals surface area contributed by atoms with Crippen LogP contribution in [-0.2, 0) is 0 Å². The lowest BCUT2D eigenvalue weighted by molar-refractivity contribution is 0.0654. The van der Waals surface area contributed by atoms with Gasteiger partial charge in [0.1, 0.15) is 17.7 Å². The van der Waals surface area contributed by atoms with Gasteiger partial charge in [0, 0.05) is 27.0 Å². The minimum Gasteiger partial charge on any atom is -0.485 e. The van der Waals surface area contributed by atoms with E-state index in [1.807, 2.05) is 0 Å². The predicted octanol–water partition coefficient (Wildman–Crippen LogP) is 4.80. The highest BCUT2D eigenvalue weighted by molar-refractivity contribution is 9.10. The van der Waals surface area contributed by atoms with Crippen molar-refractivity contribution in [3.63, 3.8) is 0 Å². The first-order valence-corrected chi connectivity index (χ1v) is 7.31. The fourth-order valence-electron chi connectivity index (χ4n) is 2.37. The normalized spacial score (nSPS) is 21.2. The molecular formula is C15H11BrClFO2. The molecule has 1 unspecified atom stereocenters. The molecule has 2 nitrogen and oxygen atoms in total. The van der Waals surface area contributed by atoms with Crippen molar-refractivity contribution in [3.05, 3.63) is 62.8 Å². The van der Waals surface area contributed by atoms with Crippen LogP contribution in [-0.4, -0.2) is 5.11 Å². The first-order chi connectivity index (χ1) is 9.54. The van der Waals surface area contributed by atoms with Crippen LogP contribution in [0, 0.1) is 5.82 Å². The SMILES string of the molecule is O[C@H]1CC(c2ccc(F)cc2Br)Oc2ccc(Cl)cc21. The second-order valence-electron chi connectivity index (χ2n) is 4.71. The maximum atomic E-state index is 13.1. The molecule has 2 aromatic carbocycles. The summed E-state index contributed by atoms with van der Waals surface area (Å²) in [5.41, 5.74) is 1.50. The average Bonchev–Trinajstić information content (AvgIpc) is 2.39. The molecule has 0 fully saturated rings. The predicted molar refractivity (Wildman–Crippen MR) is 78.5 cm³/mol. The van der Waals surface area contributed by atoms with Crippen LogP contribution in [0.4, 0.5) is 4.39 Å². The third kappa shape index (κ3) is 2.55. The van der Waals surface area contributed by atoms with Crippen LogP contribution >= 0.6 is 27.5 Å². The highest BCUT2D eigenvalue weighted by Crippen LogP contribution is 2.43. The molecule has 1 aliphatic rings. The molecule has 0 aliphatic carbocycles. The maximum absolute atomic E-state index is 13.1. The zero-order chi connectivity index (χ0) is 14.3. The molecule has 0 bridgehead atoms. The molecule has 0 spiro atoms. The number of halogens is 3. The molecule has 1 N–H and O–H groups in total. The number of fused-ring (bicyclic) bond motifs is 1. The fraction of sp³-hybridized carbons (Fsp3) is 0.200. The van der Waals surface area contributed by atoms with Crippen molar-refractivity contribution < 1.29 is 14.2 Å². The van der Waals surface area contributed by atoms with E-state index >= 15 is 0 Å². The monoisotopic (exact) mass is 356 g/mol. The van der Waals surface area contributed by atoms with Gasteiger partial charge in [-0.3, -0.25) is 0 Å². The Morgan fingerprint density at radius 2 is 2.00 bits per heavy atom. The van der Waals surface area contributed by atoms with Crippen LogP contribution in [0.15, 0.2) is 40.9 Å². The zero-order valence-electron chi connectivity index (χ0n) is 10.3. The van der Waals surface area contributed by atoms with Gasteiger partial charge in [-0.2, -0.15) is 0 Å². The number of aliphatic hydroxyl groups is 1. The topological polar surface area (TPSA) is 29.5 Å². The molecule has 0 amide bonds. The molecule has 0 radical (unpaired) electrons.